The molecule has 0 spiro atoms. The van der Waals surface area contributed by atoms with Crippen molar-refractivity contribution >= 4 is 18.3 Å². The van der Waals surface area contributed by atoms with E-state index in [0.29, 0.717) is 6.54 Å². The van der Waals surface area contributed by atoms with Gasteiger partial charge in [0, 0.05) is 6.54 Å². The van der Waals surface area contributed by atoms with Crippen LogP contribution in [0.2, 0.25) is 0 Å². The first-order chi connectivity index (χ1) is 5.19. The lowest BCUT2D eigenvalue weighted by Gasteiger charge is -2.21. The second-order valence-electron chi connectivity index (χ2n) is 3.22. The normalized spacial score (nSPS) is 19.8. The Bertz CT molecular complexity index is 155. The van der Waals surface area contributed by atoms with E-state index in [1.54, 1.807) is 0 Å². The lowest BCUT2D eigenvalue weighted by molar-refractivity contribution is -0.126. The molecule has 0 atom stereocenters. The van der Waals surface area contributed by atoms with Crippen LogP contribution < -0.4 is 11.1 Å². The molecule has 1 rings (SSSR count). The Morgan fingerprint density at radius 3 is 2.42 bits per heavy atom. The second kappa shape index (κ2) is 4.67. The number of carbonyl (C=O) groups excluding carboxylic acids is 1. The standard InChI is InChI=1S/C8H16N2O.ClH/c1-2-10-7(11)8(9)5-3-4-6-8;/h2-6,9H2,1H3,(H,10,11);1H. The number of nitrogens with two attached hydrogens (primary N) is 1. The van der Waals surface area contributed by atoms with Crippen LogP contribution in [0.1, 0.15) is 32.6 Å². The Morgan fingerprint density at radius 1 is 1.50 bits per heavy atom. The molecule has 0 aromatic carbocycles. The van der Waals surface area contributed by atoms with Crippen LogP contribution in [0.5, 0.6) is 0 Å². The summed E-state index contributed by atoms with van der Waals surface area (Å²) >= 11 is 0. The van der Waals surface area contributed by atoms with E-state index < -0.39 is 5.54 Å². The lowest BCUT2D eigenvalue weighted by Crippen LogP contribution is -2.51. The van der Waals surface area contributed by atoms with E-state index >= 15 is 0 Å². The highest BCUT2D eigenvalue weighted by atomic mass is 35.5. The number of amides is 1. The van der Waals surface area contributed by atoms with Crippen LogP contribution in [0, 0.1) is 0 Å². The van der Waals surface area contributed by atoms with Gasteiger partial charge in [0.2, 0.25) is 5.91 Å². The number of halogens is 1. The van der Waals surface area contributed by atoms with Gasteiger partial charge in [0.05, 0.1) is 5.54 Å². The van der Waals surface area contributed by atoms with Gasteiger partial charge in [-0.05, 0) is 19.8 Å². The van der Waals surface area contributed by atoms with Crippen molar-refractivity contribution in [3.63, 3.8) is 0 Å². The topological polar surface area (TPSA) is 55.1 Å². The summed E-state index contributed by atoms with van der Waals surface area (Å²) in [5.41, 5.74) is 5.33. The molecule has 1 fully saturated rings. The van der Waals surface area contributed by atoms with Crippen LogP contribution >= 0.6 is 12.4 Å². The second-order valence-corrected chi connectivity index (χ2v) is 3.22. The van der Waals surface area contributed by atoms with E-state index in [-0.39, 0.29) is 18.3 Å². The monoisotopic (exact) mass is 192 g/mol. The Kier molecular flexibility index (Phi) is 4.57. The van der Waals surface area contributed by atoms with Crippen molar-refractivity contribution in [3.8, 4) is 0 Å². The zero-order valence-electron chi connectivity index (χ0n) is 7.43. The van der Waals surface area contributed by atoms with Crippen molar-refractivity contribution in [1.29, 1.82) is 0 Å². The number of nitrogens with one attached hydrogen (secondary N) is 1. The van der Waals surface area contributed by atoms with Gasteiger partial charge in [0.25, 0.3) is 0 Å². The third-order valence-electron chi connectivity index (χ3n) is 2.29. The molecule has 0 aromatic rings. The van der Waals surface area contributed by atoms with Gasteiger partial charge in [0.15, 0.2) is 0 Å². The third kappa shape index (κ3) is 2.35. The van der Waals surface area contributed by atoms with E-state index in [0.717, 1.165) is 25.7 Å². The van der Waals surface area contributed by atoms with Gasteiger partial charge in [-0.2, -0.15) is 0 Å². The number of rotatable bonds is 2. The summed E-state index contributed by atoms with van der Waals surface area (Å²) in [6.07, 6.45) is 3.87. The fourth-order valence-electron chi connectivity index (χ4n) is 1.57. The molecule has 4 heteroatoms. The predicted octanol–water partition coefficient (Wildman–Crippen LogP) is 0.816. The van der Waals surface area contributed by atoms with Crippen LogP contribution in [0.3, 0.4) is 0 Å². The molecule has 0 radical (unpaired) electrons. The average Bonchev–Trinajstić information content (AvgIpc) is 2.38. The molecular formula is C8H17ClN2O. The maximum Gasteiger partial charge on any atom is 0.240 e. The SMILES string of the molecule is CCNC(=O)C1(N)CCCC1.Cl. The summed E-state index contributed by atoms with van der Waals surface area (Å²) in [6, 6.07) is 0. The quantitative estimate of drug-likeness (QED) is 0.681. The summed E-state index contributed by atoms with van der Waals surface area (Å²) in [7, 11) is 0. The van der Waals surface area contributed by atoms with Gasteiger partial charge in [-0.15, -0.1) is 12.4 Å². The largest absolute Gasteiger partial charge is 0.355 e. The minimum atomic E-state index is -0.546. The molecule has 3 nitrogen and oxygen atoms in total. The maximum atomic E-state index is 11.3. The van der Waals surface area contributed by atoms with E-state index in [1.807, 2.05) is 6.92 Å². The average molecular weight is 193 g/mol. The minimum Gasteiger partial charge on any atom is -0.355 e. The van der Waals surface area contributed by atoms with E-state index in [2.05, 4.69) is 5.32 Å². The van der Waals surface area contributed by atoms with Crippen molar-refractivity contribution in [2.45, 2.75) is 38.1 Å². The first-order valence-corrected chi connectivity index (χ1v) is 4.26. The van der Waals surface area contributed by atoms with Crippen molar-refractivity contribution < 1.29 is 4.79 Å². The summed E-state index contributed by atoms with van der Waals surface area (Å²) in [4.78, 5) is 11.3. The Morgan fingerprint density at radius 2 is 2.00 bits per heavy atom. The van der Waals surface area contributed by atoms with Crippen molar-refractivity contribution in [3.05, 3.63) is 0 Å². The van der Waals surface area contributed by atoms with Crippen LogP contribution in [0.25, 0.3) is 0 Å². The third-order valence-corrected chi connectivity index (χ3v) is 2.29. The highest BCUT2D eigenvalue weighted by Crippen LogP contribution is 2.26. The van der Waals surface area contributed by atoms with Gasteiger partial charge in [-0.3, -0.25) is 4.79 Å². The number of carbonyl (C=O) groups is 1. The molecule has 3 N–H and O–H groups in total. The first-order valence-electron chi connectivity index (χ1n) is 4.26. The molecule has 0 bridgehead atoms. The number of likely N-dealkylation sites (N-methyl/N-ethyl adjacent to an activating group) is 1. The van der Waals surface area contributed by atoms with Gasteiger partial charge < -0.3 is 11.1 Å². The predicted molar refractivity (Wildman–Crippen MR) is 51.3 cm³/mol. The van der Waals surface area contributed by atoms with Crippen LogP contribution in [0.15, 0.2) is 0 Å². The number of hydrogen-bond donors (Lipinski definition) is 2. The van der Waals surface area contributed by atoms with Crippen LogP contribution in [-0.2, 0) is 4.79 Å². The van der Waals surface area contributed by atoms with Crippen molar-refractivity contribution in [1.82, 2.24) is 5.32 Å². The van der Waals surface area contributed by atoms with Crippen molar-refractivity contribution in [2.75, 3.05) is 6.54 Å². The molecule has 1 aliphatic rings. The smallest absolute Gasteiger partial charge is 0.240 e. The fourth-order valence-corrected chi connectivity index (χ4v) is 1.57. The van der Waals surface area contributed by atoms with Gasteiger partial charge >= 0.3 is 0 Å². The van der Waals surface area contributed by atoms with E-state index in [9.17, 15) is 4.79 Å². The van der Waals surface area contributed by atoms with Crippen LogP contribution in [0.4, 0.5) is 0 Å². The molecule has 1 aliphatic carbocycles. The maximum absolute atomic E-state index is 11.3. The van der Waals surface area contributed by atoms with Gasteiger partial charge in [0.1, 0.15) is 0 Å². The molecule has 1 amide bonds. The molecule has 1 saturated carbocycles. The molecule has 0 unspecified atom stereocenters. The molecular weight excluding hydrogens is 176 g/mol. The van der Waals surface area contributed by atoms with Gasteiger partial charge in [-0.25, -0.2) is 0 Å². The Hall–Kier alpha value is -0.280. The highest BCUT2D eigenvalue weighted by molar-refractivity contribution is 5.86. The molecule has 0 saturated heterocycles. The summed E-state index contributed by atoms with van der Waals surface area (Å²) in [5, 5.41) is 2.76. The zero-order chi connectivity index (χ0) is 8.32. The molecule has 0 heterocycles. The summed E-state index contributed by atoms with van der Waals surface area (Å²) in [5.74, 6) is 0.0255. The molecule has 0 aliphatic heterocycles. The Labute approximate surface area is 79.5 Å². The summed E-state index contributed by atoms with van der Waals surface area (Å²) in [6.45, 7) is 2.59. The molecule has 0 aromatic heterocycles. The first kappa shape index (κ1) is 11.7. The summed E-state index contributed by atoms with van der Waals surface area (Å²) < 4.78 is 0. The molecule has 72 valence electrons. The Balaban J connectivity index is 0.00000121. The van der Waals surface area contributed by atoms with Crippen LogP contribution in [-0.4, -0.2) is 18.0 Å². The highest BCUT2D eigenvalue weighted by Gasteiger charge is 2.36. The molecule has 12 heavy (non-hydrogen) atoms. The van der Waals surface area contributed by atoms with Crippen molar-refractivity contribution in [2.24, 2.45) is 5.73 Å². The lowest BCUT2D eigenvalue weighted by atomic mass is 9.98. The minimum absolute atomic E-state index is 0. The number of hydrogen-bond acceptors (Lipinski definition) is 2. The fraction of sp³-hybridized carbons (Fsp3) is 0.875. The van der Waals surface area contributed by atoms with E-state index in [4.69, 9.17) is 5.73 Å². The zero-order valence-corrected chi connectivity index (χ0v) is 8.25. The van der Waals surface area contributed by atoms with E-state index in [1.165, 1.54) is 0 Å². The van der Waals surface area contributed by atoms with Gasteiger partial charge in [-0.1, -0.05) is 12.8 Å².